The highest BCUT2D eigenvalue weighted by atomic mass is 127. The molecule has 3 atom stereocenters. The fourth-order valence-electron chi connectivity index (χ4n) is 3.35. The average molecular weight is 481 g/mol. The van der Waals surface area contributed by atoms with Gasteiger partial charge in [0.1, 0.15) is 0 Å². The number of hydrogen-bond acceptors (Lipinski definition) is 4. The van der Waals surface area contributed by atoms with Gasteiger partial charge in [-0.25, -0.2) is 4.45 Å². The van der Waals surface area contributed by atoms with Crippen LogP contribution in [0.25, 0.3) is 0 Å². The molecule has 0 spiro atoms. The summed E-state index contributed by atoms with van der Waals surface area (Å²) in [5, 5.41) is 4.41. The van der Waals surface area contributed by atoms with Crippen molar-refractivity contribution in [2.24, 2.45) is 17.3 Å². The molecule has 1 saturated heterocycles. The highest BCUT2D eigenvalue weighted by Gasteiger charge is 2.62. The number of ether oxygens (including phenoxy) is 1. The molecule has 6 nitrogen and oxygen atoms in total. The van der Waals surface area contributed by atoms with Crippen LogP contribution in [0.1, 0.15) is 39.1 Å². The second-order valence-corrected chi connectivity index (χ2v) is 8.66. The molecule has 2 aliphatic rings. The van der Waals surface area contributed by atoms with Crippen LogP contribution < -0.4 is 0 Å². The number of rotatable bonds is 4. The summed E-state index contributed by atoms with van der Waals surface area (Å²) in [7, 11) is 1.31. The maximum atomic E-state index is 12.4. The lowest BCUT2D eigenvalue weighted by atomic mass is 10.1. The number of likely N-dealkylation sites (tertiary alicyclic amines) is 1. The summed E-state index contributed by atoms with van der Waals surface area (Å²) >= 11 is 2.31. The van der Waals surface area contributed by atoms with Gasteiger partial charge in [-0.05, 0) is 52.3 Å². The Morgan fingerprint density at radius 3 is 2.40 bits per heavy atom. The van der Waals surface area contributed by atoms with E-state index in [1.807, 2.05) is 36.2 Å². The van der Waals surface area contributed by atoms with E-state index in [4.69, 9.17) is 4.79 Å². The van der Waals surface area contributed by atoms with Crippen molar-refractivity contribution in [3.8, 4) is 0 Å². The van der Waals surface area contributed by atoms with E-state index in [1.54, 1.807) is 0 Å². The molecule has 25 heavy (non-hydrogen) atoms. The maximum Gasteiger partial charge on any atom is 0.292 e. The van der Waals surface area contributed by atoms with Crippen molar-refractivity contribution < 1.29 is 14.3 Å². The van der Waals surface area contributed by atoms with Crippen molar-refractivity contribution in [2.75, 3.05) is 20.2 Å². The Kier molecular flexibility index (Phi) is 8.81. The number of piperidine rings is 1. The van der Waals surface area contributed by atoms with Gasteiger partial charge in [-0.2, -0.15) is 5.10 Å². The van der Waals surface area contributed by atoms with E-state index in [9.17, 15) is 4.79 Å². The van der Waals surface area contributed by atoms with Gasteiger partial charge in [-0.3, -0.25) is 9.59 Å². The van der Waals surface area contributed by atoms with Crippen LogP contribution in [0.3, 0.4) is 0 Å². The van der Waals surface area contributed by atoms with Crippen LogP contribution in [0.4, 0.5) is 0 Å². The molecule has 0 aromatic carbocycles. The van der Waals surface area contributed by atoms with Crippen LogP contribution >= 0.6 is 28.4 Å². The van der Waals surface area contributed by atoms with E-state index >= 15 is 0 Å². The maximum absolute atomic E-state index is 12.4. The predicted molar refractivity (Wildman–Crippen MR) is 110 cm³/mol. The quantitative estimate of drug-likeness (QED) is 0.376. The van der Waals surface area contributed by atoms with Crippen LogP contribution in [-0.2, 0) is 20.7 Å². The minimum Gasteiger partial charge on any atom is -0.471 e. The molecular formula is C17H29IN3O3P. The van der Waals surface area contributed by atoms with Crippen molar-refractivity contribution >= 4 is 40.8 Å². The molecule has 1 aliphatic carbocycles. The zero-order valence-electron chi connectivity index (χ0n) is 15.9. The molecule has 0 radical (unpaired) electrons. The highest BCUT2D eigenvalue weighted by Crippen LogP contribution is 2.61. The van der Waals surface area contributed by atoms with E-state index < -0.39 is 0 Å². The summed E-state index contributed by atoms with van der Waals surface area (Å²) in [6.07, 6.45) is 1.06. The van der Waals surface area contributed by atoms with Crippen LogP contribution in [0.2, 0.25) is 0 Å². The lowest BCUT2D eigenvalue weighted by Crippen LogP contribution is -2.34. The molecular weight excluding hydrogens is 452 g/mol. The predicted octanol–water partition coefficient (Wildman–Crippen LogP) is 3.46. The van der Waals surface area contributed by atoms with Crippen LogP contribution in [0, 0.1) is 24.2 Å². The fraction of sp³-hybridized carbons (Fsp3) is 0.706. The van der Waals surface area contributed by atoms with Crippen molar-refractivity contribution in [2.45, 2.75) is 41.0 Å². The lowest BCUT2D eigenvalue weighted by molar-refractivity contribution is -0.130. The minimum atomic E-state index is 0.263. The number of halogens is 1. The van der Waals surface area contributed by atoms with Gasteiger partial charge in [0.25, 0.3) is 6.47 Å². The standard InChI is InChI=1S/C13H19IN3OP.C2H4O2.C2H6/c1-8-4-9(17(15-8)19-14)5-12(18)16-6-10-11(7-16)13(10,2)3;1-4-2-3;1-2/h4,10-11,19H,5-7H2,1-3H3;2H,1H3;1-2H3. The number of aryl methyl sites for hydroxylation is 1. The van der Waals surface area contributed by atoms with Crippen LogP contribution in [0.15, 0.2) is 6.07 Å². The SMILES string of the molecule is CC.COC=O.Cc1cc(CC(=O)N2CC3C(C2)C3(C)C)n(PI)n1. The average Bonchev–Trinajstić information content (AvgIpc) is 3.02. The summed E-state index contributed by atoms with van der Waals surface area (Å²) in [6.45, 7) is 12.9. The summed E-state index contributed by atoms with van der Waals surface area (Å²) < 4.78 is 5.81. The third-order valence-electron chi connectivity index (χ3n) is 4.89. The van der Waals surface area contributed by atoms with E-state index in [1.165, 1.54) is 7.11 Å². The molecule has 0 bridgehead atoms. The molecule has 1 aromatic heterocycles. The van der Waals surface area contributed by atoms with E-state index in [0.29, 0.717) is 24.7 Å². The van der Waals surface area contributed by atoms with Crippen molar-refractivity contribution in [3.63, 3.8) is 0 Å². The molecule has 3 rings (SSSR count). The fourth-order valence-corrected chi connectivity index (χ4v) is 5.06. The Labute approximate surface area is 165 Å². The number of methoxy groups -OCH3 is 1. The zero-order valence-corrected chi connectivity index (χ0v) is 19.0. The highest BCUT2D eigenvalue weighted by molar-refractivity contribution is 14.2. The van der Waals surface area contributed by atoms with Gasteiger partial charge in [-0.15, -0.1) is 0 Å². The number of carbonyl (C=O) groups excluding carboxylic acids is 2. The number of hydrogen-bond donors (Lipinski definition) is 0. The molecule has 2 heterocycles. The van der Waals surface area contributed by atoms with E-state index in [2.05, 4.69) is 45.7 Å². The molecule has 142 valence electrons. The second kappa shape index (κ2) is 9.86. The largest absolute Gasteiger partial charge is 0.471 e. The topological polar surface area (TPSA) is 64.4 Å². The number of nitrogens with zero attached hydrogens (tertiary/aromatic N) is 3. The monoisotopic (exact) mass is 481 g/mol. The Balaban J connectivity index is 0.000000461. The number of aromatic nitrogens is 2. The number of fused-ring (bicyclic) bond motifs is 1. The van der Waals surface area contributed by atoms with Gasteiger partial charge < -0.3 is 9.64 Å². The molecule has 3 unspecified atom stereocenters. The van der Waals surface area contributed by atoms with E-state index in [0.717, 1.165) is 36.3 Å². The number of amides is 1. The molecule has 1 aliphatic heterocycles. The lowest BCUT2D eigenvalue weighted by Gasteiger charge is -2.22. The first-order chi connectivity index (χ1) is 11.8. The van der Waals surface area contributed by atoms with Gasteiger partial charge in [0.2, 0.25) is 5.91 Å². The molecule has 1 amide bonds. The Morgan fingerprint density at radius 2 is 1.96 bits per heavy atom. The van der Waals surface area contributed by atoms with Crippen molar-refractivity contribution in [3.05, 3.63) is 17.5 Å². The summed E-state index contributed by atoms with van der Waals surface area (Å²) in [5.41, 5.74) is 2.52. The van der Waals surface area contributed by atoms with Crippen LogP contribution in [0.5, 0.6) is 0 Å². The first-order valence-electron chi connectivity index (χ1n) is 8.51. The van der Waals surface area contributed by atoms with Gasteiger partial charge in [0, 0.05) is 13.1 Å². The first kappa shape index (κ1) is 22.4. The van der Waals surface area contributed by atoms with Crippen molar-refractivity contribution in [1.82, 2.24) is 14.5 Å². The zero-order chi connectivity index (χ0) is 19.2. The molecule has 1 aromatic rings. The second-order valence-electron chi connectivity index (χ2n) is 6.62. The molecule has 8 heteroatoms. The normalized spacial score (nSPS) is 22.4. The first-order valence-corrected chi connectivity index (χ1v) is 12.6. The van der Waals surface area contributed by atoms with Gasteiger partial charge >= 0.3 is 0 Å². The van der Waals surface area contributed by atoms with Gasteiger partial charge in [0.05, 0.1) is 31.3 Å². The Hall–Kier alpha value is -0.690. The smallest absolute Gasteiger partial charge is 0.292 e. The summed E-state index contributed by atoms with van der Waals surface area (Å²) in [4.78, 5) is 23.4. The number of carbonyl (C=O) groups is 2. The van der Waals surface area contributed by atoms with E-state index in [-0.39, 0.29) is 5.91 Å². The van der Waals surface area contributed by atoms with Gasteiger partial charge in [0.15, 0.2) is 0 Å². The van der Waals surface area contributed by atoms with Crippen molar-refractivity contribution in [1.29, 1.82) is 0 Å². The third-order valence-corrected chi connectivity index (χ3v) is 6.81. The molecule has 1 saturated carbocycles. The molecule has 2 fully saturated rings. The van der Waals surface area contributed by atoms with Crippen LogP contribution in [-0.4, -0.2) is 47.0 Å². The third kappa shape index (κ3) is 5.39. The minimum absolute atomic E-state index is 0.263. The van der Waals surface area contributed by atoms with Gasteiger partial charge in [-0.1, -0.05) is 27.7 Å². The molecule has 0 N–H and O–H groups in total. The Morgan fingerprint density at radius 1 is 1.44 bits per heavy atom. The summed E-state index contributed by atoms with van der Waals surface area (Å²) in [5.74, 6) is 1.72. The summed E-state index contributed by atoms with van der Waals surface area (Å²) in [6, 6.07) is 2.03. The Bertz CT molecular complexity index is 578.